The third-order valence-corrected chi connectivity index (χ3v) is 1.59. The highest BCUT2D eigenvalue weighted by atomic mass is 35.5. The zero-order valence-electron chi connectivity index (χ0n) is 5.60. The Morgan fingerprint density at radius 2 is 2.18 bits per heavy atom. The van der Waals surface area contributed by atoms with Crippen molar-refractivity contribution in [2.45, 2.75) is 0 Å². The molecule has 0 fully saturated rings. The standard InChI is InChI=1S/C7H6ClN2O/c8-5-3-1-2-4(6(5)9)7(10)11/h1-3,9H,(H2,10,11). The summed E-state index contributed by atoms with van der Waals surface area (Å²) in [6, 6.07) is 4.59. The summed E-state index contributed by atoms with van der Waals surface area (Å²) >= 11 is 5.56. The van der Waals surface area contributed by atoms with Crippen molar-refractivity contribution in [3.63, 3.8) is 0 Å². The number of carbonyl (C=O) groups is 1. The zero-order valence-corrected chi connectivity index (χ0v) is 6.35. The maximum atomic E-state index is 10.6. The summed E-state index contributed by atoms with van der Waals surface area (Å²) in [5.41, 5.74) is 12.4. The molecule has 1 rings (SSSR count). The first-order valence-corrected chi connectivity index (χ1v) is 3.30. The van der Waals surface area contributed by atoms with Crippen LogP contribution < -0.4 is 11.5 Å². The van der Waals surface area contributed by atoms with Gasteiger partial charge in [-0.1, -0.05) is 17.7 Å². The first-order valence-electron chi connectivity index (χ1n) is 2.93. The summed E-state index contributed by atoms with van der Waals surface area (Å²) in [4.78, 5) is 10.6. The van der Waals surface area contributed by atoms with Gasteiger partial charge in [-0.25, -0.2) is 0 Å². The normalized spacial score (nSPS) is 9.55. The van der Waals surface area contributed by atoms with E-state index < -0.39 is 5.91 Å². The predicted molar refractivity (Wildman–Crippen MR) is 42.7 cm³/mol. The highest BCUT2D eigenvalue weighted by Gasteiger charge is 2.07. The lowest BCUT2D eigenvalue weighted by Gasteiger charge is -2.00. The second kappa shape index (κ2) is 2.80. The molecule has 1 aromatic carbocycles. The van der Waals surface area contributed by atoms with E-state index in [9.17, 15) is 4.79 Å². The largest absolute Gasteiger partial charge is 0.366 e. The molecule has 3 nitrogen and oxygen atoms in total. The Morgan fingerprint density at radius 1 is 1.55 bits per heavy atom. The monoisotopic (exact) mass is 169 g/mol. The molecule has 3 N–H and O–H groups in total. The van der Waals surface area contributed by atoms with Crippen molar-refractivity contribution in [1.82, 2.24) is 5.73 Å². The molecular formula is C7H6ClN2O. The molecule has 4 heteroatoms. The van der Waals surface area contributed by atoms with E-state index in [0.717, 1.165) is 0 Å². The molecule has 1 aromatic rings. The molecule has 1 amide bonds. The van der Waals surface area contributed by atoms with Crippen molar-refractivity contribution in [3.05, 3.63) is 28.8 Å². The van der Waals surface area contributed by atoms with Crippen molar-refractivity contribution in [2.24, 2.45) is 5.73 Å². The number of amides is 1. The van der Waals surface area contributed by atoms with Crippen molar-refractivity contribution in [2.75, 3.05) is 0 Å². The van der Waals surface area contributed by atoms with Gasteiger partial charge in [0.05, 0.1) is 16.3 Å². The van der Waals surface area contributed by atoms with Gasteiger partial charge < -0.3 is 5.73 Å². The number of hydrogen-bond donors (Lipinski definition) is 1. The number of halogens is 1. The maximum absolute atomic E-state index is 10.6. The van der Waals surface area contributed by atoms with Gasteiger partial charge >= 0.3 is 0 Å². The lowest BCUT2D eigenvalue weighted by Crippen LogP contribution is -2.11. The number of primary amides is 1. The molecule has 0 atom stereocenters. The van der Waals surface area contributed by atoms with Crippen molar-refractivity contribution in [1.29, 1.82) is 0 Å². The second-order valence-corrected chi connectivity index (χ2v) is 2.43. The summed E-state index contributed by atoms with van der Waals surface area (Å²) in [5.74, 6) is -0.627. The van der Waals surface area contributed by atoms with E-state index in [0.29, 0.717) is 0 Å². The molecule has 57 valence electrons. The van der Waals surface area contributed by atoms with Crippen LogP contribution in [0.25, 0.3) is 0 Å². The Kier molecular flexibility index (Phi) is 2.01. The molecule has 11 heavy (non-hydrogen) atoms. The number of nitrogens with one attached hydrogen (secondary N) is 1. The first-order chi connectivity index (χ1) is 5.13. The SMILES string of the molecule is [NH]c1c(Cl)cccc1C(N)=O. The average Bonchev–Trinajstić information content (AvgIpc) is 1.94. The van der Waals surface area contributed by atoms with E-state index in [1.54, 1.807) is 6.07 Å². The van der Waals surface area contributed by atoms with Gasteiger partial charge in [-0.2, -0.15) is 0 Å². The summed E-state index contributed by atoms with van der Waals surface area (Å²) in [5, 5.41) is 0.237. The molecule has 0 saturated heterocycles. The van der Waals surface area contributed by atoms with E-state index in [-0.39, 0.29) is 16.3 Å². The van der Waals surface area contributed by atoms with Gasteiger partial charge in [0.2, 0.25) is 0 Å². The summed E-state index contributed by atoms with van der Waals surface area (Å²) in [6.07, 6.45) is 0. The highest BCUT2D eigenvalue weighted by molar-refractivity contribution is 6.33. The molecule has 0 heterocycles. The van der Waals surface area contributed by atoms with Crippen LogP contribution in [-0.4, -0.2) is 5.91 Å². The lowest BCUT2D eigenvalue weighted by molar-refractivity contribution is 0.100. The van der Waals surface area contributed by atoms with Crippen LogP contribution in [0.5, 0.6) is 0 Å². The number of nitrogens with two attached hydrogens (primary N) is 1. The van der Waals surface area contributed by atoms with Crippen molar-refractivity contribution in [3.8, 4) is 0 Å². The average molecular weight is 170 g/mol. The first kappa shape index (κ1) is 7.88. The molecule has 1 radical (unpaired) electrons. The zero-order chi connectivity index (χ0) is 8.43. The Hall–Kier alpha value is -1.22. The Balaban J connectivity index is 3.27. The van der Waals surface area contributed by atoms with Crippen LogP contribution in [0.1, 0.15) is 10.4 Å². The minimum absolute atomic E-state index is 0.0123. The molecule has 0 unspecified atom stereocenters. The van der Waals surface area contributed by atoms with Crippen LogP contribution in [-0.2, 0) is 0 Å². The molecule has 0 spiro atoms. The topological polar surface area (TPSA) is 66.9 Å². The molecule has 0 aromatic heterocycles. The number of rotatable bonds is 1. The molecule has 0 aliphatic carbocycles. The van der Waals surface area contributed by atoms with Crippen molar-refractivity contribution < 1.29 is 4.79 Å². The fourth-order valence-electron chi connectivity index (χ4n) is 0.729. The van der Waals surface area contributed by atoms with Crippen LogP contribution in [0.2, 0.25) is 5.02 Å². The maximum Gasteiger partial charge on any atom is 0.250 e. The van der Waals surface area contributed by atoms with E-state index in [4.69, 9.17) is 23.1 Å². The van der Waals surface area contributed by atoms with Gasteiger partial charge in [-0.3, -0.25) is 10.5 Å². The quantitative estimate of drug-likeness (QED) is 0.678. The van der Waals surface area contributed by atoms with Crippen LogP contribution in [0.15, 0.2) is 18.2 Å². The van der Waals surface area contributed by atoms with Crippen LogP contribution in [0.4, 0.5) is 5.69 Å². The second-order valence-electron chi connectivity index (χ2n) is 2.03. The van der Waals surface area contributed by atoms with E-state index in [1.807, 2.05) is 0 Å². The van der Waals surface area contributed by atoms with Crippen molar-refractivity contribution >= 4 is 23.2 Å². The molecular weight excluding hydrogens is 164 g/mol. The number of benzene rings is 1. The Morgan fingerprint density at radius 3 is 2.64 bits per heavy atom. The fraction of sp³-hybridized carbons (Fsp3) is 0. The lowest BCUT2D eigenvalue weighted by atomic mass is 10.2. The minimum atomic E-state index is -0.627. The fourth-order valence-corrected chi connectivity index (χ4v) is 0.904. The highest BCUT2D eigenvalue weighted by Crippen LogP contribution is 2.22. The molecule has 0 aliphatic heterocycles. The smallest absolute Gasteiger partial charge is 0.250 e. The van der Waals surface area contributed by atoms with Gasteiger partial charge in [0.25, 0.3) is 5.91 Å². The van der Waals surface area contributed by atoms with E-state index in [2.05, 4.69) is 0 Å². The van der Waals surface area contributed by atoms with Crippen LogP contribution in [0, 0.1) is 0 Å². The summed E-state index contributed by atoms with van der Waals surface area (Å²) in [7, 11) is 0. The molecule has 0 aliphatic rings. The Labute approximate surface area is 68.9 Å². The van der Waals surface area contributed by atoms with E-state index in [1.165, 1.54) is 12.1 Å². The van der Waals surface area contributed by atoms with Crippen LogP contribution in [0.3, 0.4) is 0 Å². The van der Waals surface area contributed by atoms with Gasteiger partial charge in [-0.15, -0.1) is 0 Å². The Bertz CT molecular complexity index is 298. The third-order valence-electron chi connectivity index (χ3n) is 1.28. The third kappa shape index (κ3) is 1.43. The molecule has 0 bridgehead atoms. The van der Waals surface area contributed by atoms with Gasteiger partial charge in [0, 0.05) is 0 Å². The van der Waals surface area contributed by atoms with Gasteiger partial charge in [-0.05, 0) is 12.1 Å². The summed E-state index contributed by atoms with van der Waals surface area (Å²) in [6.45, 7) is 0. The minimum Gasteiger partial charge on any atom is -0.366 e. The summed E-state index contributed by atoms with van der Waals surface area (Å²) < 4.78 is 0. The van der Waals surface area contributed by atoms with E-state index >= 15 is 0 Å². The van der Waals surface area contributed by atoms with Crippen LogP contribution >= 0.6 is 11.6 Å². The number of hydrogen-bond acceptors (Lipinski definition) is 1. The van der Waals surface area contributed by atoms with Gasteiger partial charge in [0.15, 0.2) is 0 Å². The predicted octanol–water partition coefficient (Wildman–Crippen LogP) is 1.35. The number of carbonyl (C=O) groups excluding carboxylic acids is 1. The molecule has 0 saturated carbocycles. The van der Waals surface area contributed by atoms with Gasteiger partial charge in [0.1, 0.15) is 0 Å².